The number of rotatable bonds is 3. The van der Waals surface area contributed by atoms with Gasteiger partial charge in [-0.3, -0.25) is 0 Å². The molecule has 0 saturated carbocycles. The van der Waals surface area contributed by atoms with Gasteiger partial charge in [0.05, 0.1) is 13.2 Å². The first kappa shape index (κ1) is 8.97. The van der Waals surface area contributed by atoms with Crippen LogP contribution in [0.15, 0.2) is 0 Å². The van der Waals surface area contributed by atoms with E-state index in [0.717, 1.165) is 32.7 Å². The first-order valence-corrected chi connectivity index (χ1v) is 4.18. The molecule has 0 amide bonds. The maximum absolute atomic E-state index is 5.30. The maximum atomic E-state index is 5.30. The third-order valence-corrected chi connectivity index (χ3v) is 1.84. The highest BCUT2D eigenvalue weighted by molar-refractivity contribution is 4.70. The number of hydrogen-bond donors (Lipinski definition) is 0. The molecule has 0 aromatic rings. The first-order chi connectivity index (χ1) is 5.29. The van der Waals surface area contributed by atoms with Gasteiger partial charge in [-0.15, -0.1) is 0 Å². The molecule has 1 unspecified atom stereocenters. The van der Waals surface area contributed by atoms with Gasteiger partial charge in [-0.1, -0.05) is 0 Å². The quantitative estimate of drug-likeness (QED) is 0.574. The molecule has 1 rings (SSSR count). The lowest BCUT2D eigenvalue weighted by atomic mass is 10.2. The average Bonchev–Trinajstić information content (AvgIpc) is 2.03. The smallest absolute Gasteiger partial charge is 0.0637 e. The summed E-state index contributed by atoms with van der Waals surface area (Å²) in [6.07, 6.45) is 1.13. The highest BCUT2D eigenvalue weighted by Crippen LogP contribution is 2.00. The third kappa shape index (κ3) is 3.70. The van der Waals surface area contributed by atoms with Crippen LogP contribution in [0.2, 0.25) is 0 Å². The Morgan fingerprint density at radius 2 is 2.36 bits per heavy atom. The Morgan fingerprint density at radius 1 is 1.55 bits per heavy atom. The second-order valence-electron chi connectivity index (χ2n) is 3.23. The van der Waals surface area contributed by atoms with Gasteiger partial charge < -0.3 is 9.64 Å². The fourth-order valence-corrected chi connectivity index (χ4v) is 1.15. The van der Waals surface area contributed by atoms with E-state index in [2.05, 4.69) is 24.3 Å². The maximum Gasteiger partial charge on any atom is 0.0637 e. The Labute approximate surface area is 68.7 Å². The van der Waals surface area contributed by atoms with Crippen LogP contribution >= 0.6 is 0 Å². The minimum absolute atomic E-state index is 0.450. The molecule has 0 N–H and O–H groups in total. The molecule has 0 bridgehead atoms. The lowest BCUT2D eigenvalue weighted by Gasteiger charge is -2.23. The van der Waals surface area contributed by atoms with Crippen LogP contribution in [0.3, 0.4) is 0 Å². The van der Waals surface area contributed by atoms with Crippen molar-refractivity contribution in [2.24, 2.45) is 0 Å². The third-order valence-electron chi connectivity index (χ3n) is 1.84. The fraction of sp³-hybridized carbons (Fsp3) is 1.00. The van der Waals surface area contributed by atoms with Crippen LogP contribution in [0.1, 0.15) is 6.42 Å². The normalized spacial score (nSPS) is 25.9. The van der Waals surface area contributed by atoms with Crippen molar-refractivity contribution in [2.45, 2.75) is 12.5 Å². The Morgan fingerprint density at radius 3 is 2.91 bits per heavy atom. The van der Waals surface area contributed by atoms with Gasteiger partial charge in [0.2, 0.25) is 0 Å². The highest BCUT2D eigenvalue weighted by Gasteiger charge is 2.13. The summed E-state index contributed by atoms with van der Waals surface area (Å²) in [6.45, 7) is 3.64. The molecular weight excluding hydrogens is 140 g/mol. The Balaban J connectivity index is 2.05. The van der Waals surface area contributed by atoms with Crippen molar-refractivity contribution in [1.29, 1.82) is 0 Å². The van der Waals surface area contributed by atoms with E-state index in [1.807, 2.05) is 0 Å². The summed E-state index contributed by atoms with van der Waals surface area (Å²) in [4.78, 5) is 2.18. The van der Waals surface area contributed by atoms with Crippen molar-refractivity contribution in [3.05, 3.63) is 0 Å². The molecule has 1 fully saturated rings. The second-order valence-corrected chi connectivity index (χ2v) is 3.23. The SMILES string of the molecule is CN(C)CCC1COCC[N]1. The van der Waals surface area contributed by atoms with Crippen LogP contribution in [0.25, 0.3) is 0 Å². The lowest BCUT2D eigenvalue weighted by Crippen LogP contribution is -2.37. The summed E-state index contributed by atoms with van der Waals surface area (Å²) < 4.78 is 5.30. The Kier molecular flexibility index (Phi) is 3.83. The molecule has 11 heavy (non-hydrogen) atoms. The van der Waals surface area contributed by atoms with Gasteiger partial charge in [-0.25, -0.2) is 5.32 Å². The van der Waals surface area contributed by atoms with Gasteiger partial charge in [-0.2, -0.15) is 0 Å². The predicted molar refractivity (Wildman–Crippen MR) is 44.8 cm³/mol. The average molecular weight is 157 g/mol. The topological polar surface area (TPSA) is 26.6 Å². The number of morpholine rings is 1. The zero-order valence-corrected chi connectivity index (χ0v) is 7.42. The van der Waals surface area contributed by atoms with Gasteiger partial charge in [-0.05, 0) is 27.1 Å². The van der Waals surface area contributed by atoms with E-state index >= 15 is 0 Å². The van der Waals surface area contributed by atoms with E-state index in [4.69, 9.17) is 4.74 Å². The highest BCUT2D eigenvalue weighted by atomic mass is 16.5. The number of hydrogen-bond acceptors (Lipinski definition) is 2. The summed E-state index contributed by atoms with van der Waals surface area (Å²) in [5.74, 6) is 0. The van der Waals surface area contributed by atoms with Crippen LogP contribution in [0.4, 0.5) is 0 Å². The minimum Gasteiger partial charge on any atom is -0.378 e. The Hall–Kier alpha value is -0.120. The van der Waals surface area contributed by atoms with Crippen molar-refractivity contribution in [1.82, 2.24) is 10.2 Å². The van der Waals surface area contributed by atoms with Crippen molar-refractivity contribution >= 4 is 0 Å². The Bertz CT molecular complexity index is 100. The molecule has 3 heteroatoms. The van der Waals surface area contributed by atoms with Crippen LogP contribution in [-0.2, 0) is 4.74 Å². The molecular formula is C8H17N2O. The zero-order chi connectivity index (χ0) is 8.10. The molecule has 1 radical (unpaired) electrons. The molecule has 0 aromatic heterocycles. The van der Waals surface area contributed by atoms with Gasteiger partial charge in [0.1, 0.15) is 0 Å². The van der Waals surface area contributed by atoms with Crippen LogP contribution < -0.4 is 5.32 Å². The minimum atomic E-state index is 0.450. The molecule has 1 aliphatic heterocycles. The molecule has 0 aliphatic carbocycles. The molecule has 3 nitrogen and oxygen atoms in total. The lowest BCUT2D eigenvalue weighted by molar-refractivity contribution is 0.0695. The van der Waals surface area contributed by atoms with E-state index in [-0.39, 0.29) is 0 Å². The van der Waals surface area contributed by atoms with Gasteiger partial charge in [0, 0.05) is 12.6 Å². The second kappa shape index (κ2) is 4.70. The molecule has 1 atom stereocenters. The standard InChI is InChI=1S/C8H17N2O/c1-10(2)5-3-8-7-11-6-4-9-8/h8H,3-7H2,1-2H3. The van der Waals surface area contributed by atoms with E-state index in [9.17, 15) is 0 Å². The summed E-state index contributed by atoms with van der Waals surface area (Å²) in [7, 11) is 4.17. The molecule has 1 aliphatic rings. The van der Waals surface area contributed by atoms with E-state index in [0.29, 0.717) is 6.04 Å². The van der Waals surface area contributed by atoms with Crippen molar-refractivity contribution in [3.8, 4) is 0 Å². The first-order valence-electron chi connectivity index (χ1n) is 4.18. The van der Waals surface area contributed by atoms with E-state index < -0.39 is 0 Å². The molecule has 0 spiro atoms. The van der Waals surface area contributed by atoms with Gasteiger partial charge >= 0.3 is 0 Å². The van der Waals surface area contributed by atoms with Crippen LogP contribution in [-0.4, -0.2) is 51.3 Å². The summed E-state index contributed by atoms with van der Waals surface area (Å²) in [5, 5.41) is 4.45. The fourth-order valence-electron chi connectivity index (χ4n) is 1.15. The van der Waals surface area contributed by atoms with Gasteiger partial charge in [0.25, 0.3) is 0 Å². The molecule has 1 saturated heterocycles. The van der Waals surface area contributed by atoms with Crippen LogP contribution in [0.5, 0.6) is 0 Å². The van der Waals surface area contributed by atoms with Crippen molar-refractivity contribution in [2.75, 3.05) is 40.4 Å². The molecule has 0 aromatic carbocycles. The monoisotopic (exact) mass is 157 g/mol. The number of nitrogens with zero attached hydrogens (tertiary/aromatic N) is 2. The van der Waals surface area contributed by atoms with E-state index in [1.165, 1.54) is 0 Å². The number of ether oxygens (including phenoxy) is 1. The molecule has 65 valence electrons. The largest absolute Gasteiger partial charge is 0.378 e. The van der Waals surface area contributed by atoms with Crippen molar-refractivity contribution in [3.63, 3.8) is 0 Å². The molecule has 1 heterocycles. The zero-order valence-electron chi connectivity index (χ0n) is 7.42. The van der Waals surface area contributed by atoms with Gasteiger partial charge in [0.15, 0.2) is 0 Å². The summed E-state index contributed by atoms with van der Waals surface area (Å²) >= 11 is 0. The van der Waals surface area contributed by atoms with Crippen molar-refractivity contribution < 1.29 is 4.74 Å². The van der Waals surface area contributed by atoms with Crippen LogP contribution in [0, 0.1) is 0 Å². The summed E-state index contributed by atoms with van der Waals surface area (Å²) in [5.41, 5.74) is 0. The summed E-state index contributed by atoms with van der Waals surface area (Å²) in [6, 6.07) is 0.450. The van der Waals surface area contributed by atoms with E-state index in [1.54, 1.807) is 0 Å². The predicted octanol–water partition coefficient (Wildman–Crippen LogP) is -0.0587.